The van der Waals surface area contributed by atoms with Crippen molar-refractivity contribution < 1.29 is 4.74 Å². The minimum atomic E-state index is 0.490. The monoisotopic (exact) mass is 485 g/mol. The second-order valence-electron chi connectivity index (χ2n) is 8.30. The van der Waals surface area contributed by atoms with E-state index in [2.05, 4.69) is 54.3 Å². The molecule has 1 N–H and O–H groups in total. The zero-order valence-electron chi connectivity index (χ0n) is 19.2. The maximum atomic E-state index is 5.95. The summed E-state index contributed by atoms with van der Waals surface area (Å²) in [6, 6.07) is 22.2. The number of thiophene rings is 1. The van der Waals surface area contributed by atoms with Crippen LogP contribution in [0.4, 0.5) is 11.5 Å². The standard InChI is InChI=1S/C28H24ClN3OS/c1-17-4-7-21(14-18(17)2)25-19(3)34-28-26(25)27(30-16-31-28)32-23-10-12-24(13-11-23)33-15-20-5-8-22(29)9-6-20/h4-14,16H,15H2,1-3H3,(H,30,31,32). The quantitative estimate of drug-likeness (QED) is 0.263. The van der Waals surface area contributed by atoms with Gasteiger partial charge in [0.25, 0.3) is 0 Å². The topological polar surface area (TPSA) is 47.0 Å². The van der Waals surface area contributed by atoms with Gasteiger partial charge in [-0.3, -0.25) is 0 Å². The minimum absolute atomic E-state index is 0.490. The number of anilines is 2. The van der Waals surface area contributed by atoms with Crippen LogP contribution in [0, 0.1) is 20.8 Å². The van der Waals surface area contributed by atoms with Crippen LogP contribution in [-0.2, 0) is 6.61 Å². The van der Waals surface area contributed by atoms with Crippen LogP contribution in [0.5, 0.6) is 5.75 Å². The first-order chi connectivity index (χ1) is 16.5. The highest BCUT2D eigenvalue weighted by Gasteiger charge is 2.17. The maximum Gasteiger partial charge on any atom is 0.143 e. The second kappa shape index (κ2) is 9.45. The fourth-order valence-electron chi connectivity index (χ4n) is 3.90. The van der Waals surface area contributed by atoms with Gasteiger partial charge in [0, 0.05) is 21.2 Å². The Kier molecular flexibility index (Phi) is 6.22. The minimum Gasteiger partial charge on any atom is -0.489 e. The molecule has 170 valence electrons. The molecule has 6 heteroatoms. The van der Waals surface area contributed by atoms with Gasteiger partial charge in [-0.2, -0.15) is 0 Å². The number of benzene rings is 3. The molecule has 5 aromatic rings. The summed E-state index contributed by atoms with van der Waals surface area (Å²) in [6.07, 6.45) is 1.62. The first kappa shape index (κ1) is 22.4. The molecule has 34 heavy (non-hydrogen) atoms. The van der Waals surface area contributed by atoms with Gasteiger partial charge >= 0.3 is 0 Å². The molecule has 5 rings (SSSR count). The molecule has 2 heterocycles. The van der Waals surface area contributed by atoms with Crippen molar-refractivity contribution in [3.8, 4) is 16.9 Å². The number of nitrogens with zero attached hydrogens (tertiary/aromatic N) is 2. The van der Waals surface area contributed by atoms with E-state index in [0.717, 1.165) is 38.1 Å². The van der Waals surface area contributed by atoms with Crippen LogP contribution in [0.3, 0.4) is 0 Å². The van der Waals surface area contributed by atoms with Crippen molar-refractivity contribution in [3.05, 3.63) is 99.6 Å². The lowest BCUT2D eigenvalue weighted by atomic mass is 9.99. The molecule has 0 bridgehead atoms. The third-order valence-corrected chi connectivity index (χ3v) is 7.16. The lowest BCUT2D eigenvalue weighted by molar-refractivity contribution is 0.306. The van der Waals surface area contributed by atoms with Gasteiger partial charge in [-0.15, -0.1) is 11.3 Å². The van der Waals surface area contributed by atoms with Crippen LogP contribution in [0.2, 0.25) is 5.02 Å². The summed E-state index contributed by atoms with van der Waals surface area (Å²) in [5.41, 5.74) is 6.95. The van der Waals surface area contributed by atoms with Gasteiger partial charge in [0.15, 0.2) is 0 Å². The first-order valence-corrected chi connectivity index (χ1v) is 12.2. The first-order valence-electron chi connectivity index (χ1n) is 11.0. The van der Waals surface area contributed by atoms with E-state index in [0.29, 0.717) is 6.61 Å². The van der Waals surface area contributed by atoms with Crippen molar-refractivity contribution in [2.75, 3.05) is 5.32 Å². The largest absolute Gasteiger partial charge is 0.489 e. The van der Waals surface area contributed by atoms with Crippen LogP contribution >= 0.6 is 22.9 Å². The zero-order valence-corrected chi connectivity index (χ0v) is 20.8. The Morgan fingerprint density at radius 1 is 0.882 bits per heavy atom. The van der Waals surface area contributed by atoms with E-state index in [1.54, 1.807) is 17.7 Å². The molecule has 0 aliphatic rings. The number of nitrogens with one attached hydrogen (secondary N) is 1. The fraction of sp³-hybridized carbons (Fsp3) is 0.143. The lowest BCUT2D eigenvalue weighted by Gasteiger charge is -2.11. The predicted molar refractivity (Wildman–Crippen MR) is 143 cm³/mol. The summed E-state index contributed by atoms with van der Waals surface area (Å²) in [5, 5.41) is 5.26. The molecule has 4 nitrogen and oxygen atoms in total. The summed E-state index contributed by atoms with van der Waals surface area (Å²) in [5.74, 6) is 1.60. The predicted octanol–water partition coefficient (Wildman–Crippen LogP) is 8.26. The van der Waals surface area contributed by atoms with E-state index in [1.807, 2.05) is 48.5 Å². The number of hydrogen-bond acceptors (Lipinski definition) is 5. The van der Waals surface area contributed by atoms with Crippen molar-refractivity contribution in [1.29, 1.82) is 0 Å². The molecule has 0 aliphatic heterocycles. The van der Waals surface area contributed by atoms with E-state index in [-0.39, 0.29) is 0 Å². The highest BCUT2D eigenvalue weighted by molar-refractivity contribution is 7.19. The number of aromatic nitrogens is 2. The van der Waals surface area contributed by atoms with Crippen molar-refractivity contribution in [1.82, 2.24) is 9.97 Å². The average Bonchev–Trinajstić information content (AvgIpc) is 3.18. The number of rotatable bonds is 6. The maximum absolute atomic E-state index is 5.95. The number of fused-ring (bicyclic) bond motifs is 1. The van der Waals surface area contributed by atoms with Crippen LogP contribution in [0.1, 0.15) is 21.6 Å². The third-order valence-electron chi connectivity index (χ3n) is 5.90. The molecule has 0 saturated heterocycles. The Morgan fingerprint density at radius 2 is 1.65 bits per heavy atom. The van der Waals surface area contributed by atoms with Gasteiger partial charge < -0.3 is 10.1 Å². The zero-order chi connectivity index (χ0) is 23.7. The number of aryl methyl sites for hydroxylation is 3. The molecule has 0 aliphatic carbocycles. The molecule has 0 atom stereocenters. The molecule has 0 spiro atoms. The summed E-state index contributed by atoms with van der Waals surface area (Å²) in [7, 11) is 0. The Bertz CT molecular complexity index is 1460. The average molecular weight is 486 g/mol. The van der Waals surface area contributed by atoms with Crippen LogP contribution < -0.4 is 10.1 Å². The van der Waals surface area contributed by atoms with Gasteiger partial charge in [0.05, 0.1) is 5.39 Å². The van der Waals surface area contributed by atoms with E-state index in [4.69, 9.17) is 16.3 Å². The molecule has 0 radical (unpaired) electrons. The summed E-state index contributed by atoms with van der Waals surface area (Å²) < 4.78 is 5.91. The molecule has 0 saturated carbocycles. The van der Waals surface area contributed by atoms with E-state index in [9.17, 15) is 0 Å². The number of halogens is 1. The highest BCUT2D eigenvalue weighted by Crippen LogP contribution is 2.41. The SMILES string of the molecule is Cc1ccc(-c2c(C)sc3ncnc(Nc4ccc(OCc5ccc(Cl)cc5)cc4)c23)cc1C. The fourth-order valence-corrected chi connectivity index (χ4v) is 5.04. The molecule has 0 unspecified atom stereocenters. The lowest BCUT2D eigenvalue weighted by Crippen LogP contribution is -1.97. The van der Waals surface area contributed by atoms with E-state index < -0.39 is 0 Å². The number of ether oxygens (including phenoxy) is 1. The van der Waals surface area contributed by atoms with E-state index in [1.165, 1.54) is 27.1 Å². The highest BCUT2D eigenvalue weighted by atomic mass is 35.5. The van der Waals surface area contributed by atoms with Crippen molar-refractivity contribution in [2.45, 2.75) is 27.4 Å². The van der Waals surface area contributed by atoms with Crippen molar-refractivity contribution >= 4 is 44.7 Å². The third kappa shape index (κ3) is 4.63. The van der Waals surface area contributed by atoms with E-state index >= 15 is 0 Å². The molecular formula is C28H24ClN3OS. The number of hydrogen-bond donors (Lipinski definition) is 1. The van der Waals surface area contributed by atoms with Gasteiger partial charge in [0.1, 0.15) is 29.3 Å². The van der Waals surface area contributed by atoms with Crippen molar-refractivity contribution in [2.24, 2.45) is 0 Å². The molecular weight excluding hydrogens is 462 g/mol. The van der Waals surface area contributed by atoms with Gasteiger partial charge in [-0.25, -0.2) is 9.97 Å². The Balaban J connectivity index is 1.40. The van der Waals surface area contributed by atoms with Crippen LogP contribution in [0.15, 0.2) is 73.1 Å². The summed E-state index contributed by atoms with van der Waals surface area (Å²) >= 11 is 7.65. The van der Waals surface area contributed by atoms with Gasteiger partial charge in [-0.1, -0.05) is 41.9 Å². The molecule has 2 aromatic heterocycles. The smallest absolute Gasteiger partial charge is 0.143 e. The Labute approximate surface area is 208 Å². The molecule has 3 aromatic carbocycles. The Hall–Kier alpha value is -3.41. The normalized spacial score (nSPS) is 11.1. The van der Waals surface area contributed by atoms with Crippen molar-refractivity contribution in [3.63, 3.8) is 0 Å². The molecule has 0 amide bonds. The summed E-state index contributed by atoms with van der Waals surface area (Å²) in [6.45, 7) is 6.92. The second-order valence-corrected chi connectivity index (χ2v) is 9.94. The van der Waals surface area contributed by atoms with Gasteiger partial charge in [-0.05, 0) is 79.4 Å². The Morgan fingerprint density at radius 3 is 2.38 bits per heavy atom. The van der Waals surface area contributed by atoms with Crippen LogP contribution in [-0.4, -0.2) is 9.97 Å². The van der Waals surface area contributed by atoms with Crippen LogP contribution in [0.25, 0.3) is 21.3 Å². The van der Waals surface area contributed by atoms with Gasteiger partial charge in [0.2, 0.25) is 0 Å². The summed E-state index contributed by atoms with van der Waals surface area (Å²) in [4.78, 5) is 11.3. The molecule has 0 fully saturated rings.